The number of rotatable bonds is 23. The summed E-state index contributed by atoms with van der Waals surface area (Å²) in [5, 5.41) is 29.7. The first kappa shape index (κ1) is 42.9. The van der Waals surface area contributed by atoms with E-state index < -0.39 is 128 Å². The van der Waals surface area contributed by atoms with Crippen molar-refractivity contribution in [1.82, 2.24) is 26.6 Å². The number of nitrogens with two attached hydrogens (primary N) is 4. The number of nitrogens with one attached hydrogen (secondary N) is 5. The van der Waals surface area contributed by atoms with E-state index in [1.807, 2.05) is 0 Å². The lowest BCUT2D eigenvalue weighted by molar-refractivity contribution is -0.143. The number of carbonyl (C=O) groups is 10. The summed E-state index contributed by atoms with van der Waals surface area (Å²) in [6.07, 6.45) is -3.31. The molecule has 0 aliphatic rings. The zero-order valence-electron chi connectivity index (χ0n) is 27.6. The van der Waals surface area contributed by atoms with E-state index in [0.29, 0.717) is 5.56 Å². The van der Waals surface area contributed by atoms with E-state index in [1.165, 1.54) is 6.92 Å². The van der Waals surface area contributed by atoms with Gasteiger partial charge in [-0.3, -0.25) is 43.2 Å². The fourth-order valence-corrected chi connectivity index (χ4v) is 4.35. The number of aliphatic carboxylic acids is 2. The number of carboxylic acid groups (broad SMARTS) is 2. The van der Waals surface area contributed by atoms with Gasteiger partial charge in [-0.05, 0) is 25.3 Å². The van der Waals surface area contributed by atoms with E-state index in [4.69, 9.17) is 28.0 Å². The molecular weight excluding hydrogens is 678 g/mol. The van der Waals surface area contributed by atoms with Crippen LogP contribution in [0.1, 0.15) is 51.0 Å². The molecule has 0 bridgehead atoms. The van der Waals surface area contributed by atoms with Crippen molar-refractivity contribution in [2.75, 3.05) is 0 Å². The lowest BCUT2D eigenvalue weighted by Gasteiger charge is -2.26. The van der Waals surface area contributed by atoms with Gasteiger partial charge in [0.1, 0.15) is 30.2 Å². The van der Waals surface area contributed by atoms with E-state index in [-0.39, 0.29) is 12.8 Å². The van der Waals surface area contributed by atoms with Crippen molar-refractivity contribution in [1.29, 1.82) is 0 Å². The van der Waals surface area contributed by atoms with Gasteiger partial charge in [-0.25, -0.2) is 4.79 Å². The second kappa shape index (κ2) is 21.1. The molecule has 21 heteroatoms. The maximum Gasteiger partial charge on any atom is 0.326 e. The molecule has 0 fully saturated rings. The number of hydrogen-bond donors (Lipinski definition) is 11. The maximum absolute atomic E-state index is 13.3. The Hall–Kier alpha value is -6.12. The standard InChI is InChI=1S/C30H43N9O12/c1-14(25(45)38-19(11-15-5-3-2-4-6-15)29(49)39-20(30(50)51)13-23(34)42)35-27(47)17(7-9-21(32)40)37-28(48)18(8-10-22(33)41)36-26(46)16(31)12-24(43)44/h2-6,14,16-20H,7-13,31H2,1H3,(H2,32,40)(H2,33,41)(H2,34,42)(H,35,47)(H,36,46)(H,37,48)(H,38,45)(H,39,49)(H,43,44)(H,50,51)/t14-,16-,17-,18-,19-,20-/m0/s1. The van der Waals surface area contributed by atoms with Crippen molar-refractivity contribution in [2.45, 2.75) is 88.1 Å². The fourth-order valence-electron chi connectivity index (χ4n) is 4.35. The van der Waals surface area contributed by atoms with Gasteiger partial charge in [0.15, 0.2) is 0 Å². The third-order valence-electron chi connectivity index (χ3n) is 7.04. The van der Waals surface area contributed by atoms with Crippen molar-refractivity contribution >= 4 is 59.2 Å². The van der Waals surface area contributed by atoms with Gasteiger partial charge in [-0.1, -0.05) is 30.3 Å². The Labute approximate surface area is 291 Å². The molecule has 21 nitrogen and oxygen atoms in total. The first-order chi connectivity index (χ1) is 23.8. The van der Waals surface area contributed by atoms with Gasteiger partial charge in [0.25, 0.3) is 0 Å². The summed E-state index contributed by atoms with van der Waals surface area (Å²) in [5.74, 6) is -10.8. The van der Waals surface area contributed by atoms with E-state index in [1.54, 1.807) is 30.3 Å². The summed E-state index contributed by atoms with van der Waals surface area (Å²) < 4.78 is 0. The molecule has 6 atom stereocenters. The summed E-state index contributed by atoms with van der Waals surface area (Å²) >= 11 is 0. The number of benzene rings is 1. The summed E-state index contributed by atoms with van der Waals surface area (Å²) in [7, 11) is 0. The zero-order chi connectivity index (χ0) is 38.8. The number of amides is 8. The Morgan fingerprint density at radius 3 is 1.51 bits per heavy atom. The molecule has 15 N–H and O–H groups in total. The van der Waals surface area contributed by atoms with Gasteiger partial charge < -0.3 is 59.7 Å². The van der Waals surface area contributed by atoms with Crippen LogP contribution in [0.3, 0.4) is 0 Å². The molecule has 0 aromatic heterocycles. The van der Waals surface area contributed by atoms with Crippen molar-refractivity contribution < 1.29 is 58.2 Å². The van der Waals surface area contributed by atoms with Crippen LogP contribution in [0, 0.1) is 0 Å². The molecule has 8 amide bonds. The third-order valence-corrected chi connectivity index (χ3v) is 7.04. The highest BCUT2D eigenvalue weighted by Gasteiger charge is 2.32. The predicted octanol–water partition coefficient (Wildman–Crippen LogP) is -5.03. The number of carboxylic acids is 2. The van der Waals surface area contributed by atoms with E-state index in [9.17, 15) is 53.1 Å². The Morgan fingerprint density at radius 1 is 0.588 bits per heavy atom. The first-order valence-electron chi connectivity index (χ1n) is 15.4. The highest BCUT2D eigenvalue weighted by Crippen LogP contribution is 2.07. The molecule has 0 radical (unpaired) electrons. The summed E-state index contributed by atoms with van der Waals surface area (Å²) in [5.41, 5.74) is 21.5. The SMILES string of the molecule is C[C@H](NC(=O)[C@H](CCC(N)=O)NC(=O)[C@H](CCC(N)=O)NC(=O)[C@@H](N)CC(=O)O)C(=O)N[C@@H](Cc1ccccc1)C(=O)N[C@@H](CC(N)=O)C(=O)O. The average molecular weight is 722 g/mol. The lowest BCUT2D eigenvalue weighted by Crippen LogP contribution is -2.59. The van der Waals surface area contributed by atoms with E-state index in [0.717, 1.165) is 0 Å². The largest absolute Gasteiger partial charge is 0.481 e. The minimum absolute atomic E-state index is 0.145. The van der Waals surface area contributed by atoms with Crippen molar-refractivity contribution in [2.24, 2.45) is 22.9 Å². The second-order valence-corrected chi connectivity index (χ2v) is 11.4. The molecule has 1 aromatic rings. The first-order valence-corrected chi connectivity index (χ1v) is 15.4. The van der Waals surface area contributed by atoms with Crippen LogP contribution >= 0.6 is 0 Å². The molecule has 0 aliphatic heterocycles. The van der Waals surface area contributed by atoms with Crippen LogP contribution in [0.25, 0.3) is 0 Å². The molecule has 51 heavy (non-hydrogen) atoms. The van der Waals surface area contributed by atoms with E-state index in [2.05, 4.69) is 26.6 Å². The molecular formula is C30H43N9O12. The van der Waals surface area contributed by atoms with Gasteiger partial charge in [0.2, 0.25) is 47.3 Å². The Balaban J connectivity index is 3.19. The third kappa shape index (κ3) is 16.7. The maximum atomic E-state index is 13.3. The van der Waals surface area contributed by atoms with Gasteiger partial charge in [-0.15, -0.1) is 0 Å². The predicted molar refractivity (Wildman–Crippen MR) is 174 cm³/mol. The lowest BCUT2D eigenvalue weighted by atomic mass is 10.0. The summed E-state index contributed by atoms with van der Waals surface area (Å²) in [6.45, 7) is 1.21. The van der Waals surface area contributed by atoms with Crippen LogP contribution in [-0.2, 0) is 54.4 Å². The molecule has 0 unspecified atom stereocenters. The molecule has 280 valence electrons. The van der Waals surface area contributed by atoms with Crippen molar-refractivity contribution in [3.63, 3.8) is 0 Å². The van der Waals surface area contributed by atoms with Gasteiger partial charge >= 0.3 is 11.9 Å². The Kier molecular flexibility index (Phi) is 17.7. The topological polar surface area (TPSA) is 375 Å². The monoisotopic (exact) mass is 721 g/mol. The zero-order valence-corrected chi connectivity index (χ0v) is 27.6. The Morgan fingerprint density at radius 2 is 1.04 bits per heavy atom. The highest BCUT2D eigenvalue weighted by atomic mass is 16.4. The number of primary amides is 3. The smallest absolute Gasteiger partial charge is 0.326 e. The summed E-state index contributed by atoms with van der Waals surface area (Å²) in [6, 6.07) is -0.983. The molecule has 0 spiro atoms. The fraction of sp³-hybridized carbons (Fsp3) is 0.467. The Bertz CT molecular complexity index is 1470. The minimum atomic E-state index is -1.71. The van der Waals surface area contributed by atoms with Gasteiger partial charge in [-0.2, -0.15) is 0 Å². The minimum Gasteiger partial charge on any atom is -0.481 e. The van der Waals surface area contributed by atoms with Gasteiger partial charge in [0, 0.05) is 19.3 Å². The quantitative estimate of drug-likeness (QED) is 0.0505. The van der Waals surface area contributed by atoms with Crippen LogP contribution in [0.5, 0.6) is 0 Å². The molecule has 0 heterocycles. The van der Waals surface area contributed by atoms with Crippen LogP contribution in [-0.4, -0.2) is 106 Å². The number of hydrogen-bond acceptors (Lipinski definition) is 11. The van der Waals surface area contributed by atoms with Crippen LogP contribution in [0.4, 0.5) is 0 Å². The normalized spacial score (nSPS) is 14.2. The van der Waals surface area contributed by atoms with Crippen molar-refractivity contribution in [3.05, 3.63) is 35.9 Å². The molecule has 0 saturated heterocycles. The molecule has 1 aromatic carbocycles. The number of carbonyl (C=O) groups excluding carboxylic acids is 8. The highest BCUT2D eigenvalue weighted by molar-refractivity contribution is 5.97. The summed E-state index contributed by atoms with van der Waals surface area (Å²) in [4.78, 5) is 122. The molecule has 1 rings (SSSR count). The van der Waals surface area contributed by atoms with Crippen LogP contribution in [0.15, 0.2) is 30.3 Å². The molecule has 0 aliphatic carbocycles. The van der Waals surface area contributed by atoms with Crippen LogP contribution in [0.2, 0.25) is 0 Å². The van der Waals surface area contributed by atoms with E-state index >= 15 is 0 Å². The molecule has 0 saturated carbocycles. The van der Waals surface area contributed by atoms with Crippen molar-refractivity contribution in [3.8, 4) is 0 Å². The average Bonchev–Trinajstić information content (AvgIpc) is 3.03. The van der Waals surface area contributed by atoms with Crippen LogP contribution < -0.4 is 49.5 Å². The second-order valence-electron chi connectivity index (χ2n) is 11.4. The van der Waals surface area contributed by atoms with Gasteiger partial charge in [0.05, 0.1) is 18.9 Å².